The second kappa shape index (κ2) is 8.34. The van der Waals surface area contributed by atoms with Gasteiger partial charge in [0.1, 0.15) is 6.04 Å². The number of hydrogen-bond acceptors (Lipinski definition) is 3. The molecule has 5 nitrogen and oxygen atoms in total. The van der Waals surface area contributed by atoms with E-state index in [1.807, 2.05) is 13.0 Å². The predicted octanol–water partition coefficient (Wildman–Crippen LogP) is 1.16. The summed E-state index contributed by atoms with van der Waals surface area (Å²) in [6.45, 7) is 3.63. The van der Waals surface area contributed by atoms with Gasteiger partial charge in [-0.1, -0.05) is 0 Å². The molecule has 2 atom stereocenters. The minimum absolute atomic E-state index is 0. The van der Waals surface area contributed by atoms with E-state index >= 15 is 0 Å². The highest BCUT2D eigenvalue weighted by molar-refractivity contribution is 5.85. The zero-order valence-corrected chi connectivity index (χ0v) is 12.0. The maximum absolute atomic E-state index is 11.8. The van der Waals surface area contributed by atoms with Gasteiger partial charge in [-0.3, -0.25) is 9.48 Å². The molecule has 1 aromatic heterocycles. The Bertz CT molecular complexity index is 339. The van der Waals surface area contributed by atoms with Crippen molar-refractivity contribution in [2.45, 2.75) is 31.8 Å². The Morgan fingerprint density at radius 2 is 2.39 bits per heavy atom. The first kappa shape index (κ1) is 17.2. The van der Waals surface area contributed by atoms with E-state index in [1.165, 1.54) is 6.42 Å². The van der Waals surface area contributed by atoms with Crippen LogP contribution in [0.4, 0.5) is 0 Å². The lowest BCUT2D eigenvalue weighted by Crippen LogP contribution is -2.40. The van der Waals surface area contributed by atoms with Crippen LogP contribution in [0.2, 0.25) is 0 Å². The smallest absolute Gasteiger partial charge is 0.244 e. The lowest BCUT2D eigenvalue weighted by atomic mass is 10.2. The van der Waals surface area contributed by atoms with E-state index in [4.69, 9.17) is 0 Å². The highest BCUT2D eigenvalue weighted by atomic mass is 35.5. The van der Waals surface area contributed by atoms with Crippen molar-refractivity contribution < 1.29 is 4.79 Å². The monoisotopic (exact) mass is 294 g/mol. The molecule has 0 bridgehead atoms. The Morgan fingerprint density at radius 1 is 1.61 bits per heavy atom. The van der Waals surface area contributed by atoms with Crippen molar-refractivity contribution in [3.63, 3.8) is 0 Å². The standard InChI is InChI=1S/C11H18N4O.2ClH/c1-9(15-7-3-6-14-15)11(16)13-8-10-4-2-5-12-10;;/h3,6-7,9-10,12H,2,4-5,8H2,1H3,(H,13,16);2*1H. The van der Waals surface area contributed by atoms with Crippen molar-refractivity contribution in [2.75, 3.05) is 13.1 Å². The van der Waals surface area contributed by atoms with Gasteiger partial charge in [0.05, 0.1) is 0 Å². The van der Waals surface area contributed by atoms with Gasteiger partial charge in [-0.05, 0) is 32.4 Å². The second-order valence-corrected chi connectivity index (χ2v) is 4.20. The highest BCUT2D eigenvalue weighted by Crippen LogP contribution is 2.05. The number of aromatic nitrogens is 2. The van der Waals surface area contributed by atoms with Gasteiger partial charge in [-0.2, -0.15) is 5.10 Å². The minimum atomic E-state index is -0.239. The van der Waals surface area contributed by atoms with E-state index in [9.17, 15) is 4.79 Å². The molecule has 104 valence electrons. The summed E-state index contributed by atoms with van der Waals surface area (Å²) in [7, 11) is 0. The summed E-state index contributed by atoms with van der Waals surface area (Å²) in [5, 5.41) is 10.4. The molecule has 1 aliphatic rings. The Morgan fingerprint density at radius 3 is 2.94 bits per heavy atom. The topological polar surface area (TPSA) is 59.0 Å². The SMILES string of the molecule is CC(C(=O)NCC1CCCN1)n1cccn1.Cl.Cl. The van der Waals surface area contributed by atoms with Crippen LogP contribution in [0.25, 0.3) is 0 Å². The molecule has 0 aromatic carbocycles. The molecule has 1 aliphatic heterocycles. The normalized spacial score (nSPS) is 19.5. The van der Waals surface area contributed by atoms with Crippen LogP contribution in [0.5, 0.6) is 0 Å². The number of carbonyl (C=O) groups is 1. The lowest BCUT2D eigenvalue weighted by Gasteiger charge is -2.15. The van der Waals surface area contributed by atoms with Crippen molar-refractivity contribution in [3.8, 4) is 0 Å². The lowest BCUT2D eigenvalue weighted by molar-refractivity contribution is -0.124. The maximum atomic E-state index is 11.8. The van der Waals surface area contributed by atoms with E-state index in [-0.39, 0.29) is 36.8 Å². The van der Waals surface area contributed by atoms with Gasteiger partial charge in [-0.15, -0.1) is 24.8 Å². The fourth-order valence-electron chi connectivity index (χ4n) is 1.93. The summed E-state index contributed by atoms with van der Waals surface area (Å²) >= 11 is 0. The molecule has 1 fully saturated rings. The molecule has 18 heavy (non-hydrogen) atoms. The summed E-state index contributed by atoms with van der Waals surface area (Å²) in [4.78, 5) is 11.8. The van der Waals surface area contributed by atoms with Gasteiger partial charge in [-0.25, -0.2) is 0 Å². The number of nitrogens with zero attached hydrogens (tertiary/aromatic N) is 2. The molecule has 0 saturated carbocycles. The zero-order valence-electron chi connectivity index (χ0n) is 10.3. The van der Waals surface area contributed by atoms with Crippen molar-refractivity contribution >= 4 is 30.7 Å². The molecule has 1 saturated heterocycles. The molecular weight excluding hydrogens is 275 g/mol. The van der Waals surface area contributed by atoms with Gasteiger partial charge in [0, 0.05) is 25.0 Å². The van der Waals surface area contributed by atoms with Gasteiger partial charge in [0.25, 0.3) is 0 Å². The van der Waals surface area contributed by atoms with Gasteiger partial charge in [0.15, 0.2) is 0 Å². The molecule has 7 heteroatoms. The van der Waals surface area contributed by atoms with Crippen LogP contribution in [-0.4, -0.2) is 34.8 Å². The summed E-state index contributed by atoms with van der Waals surface area (Å²) in [6, 6.07) is 2.02. The zero-order chi connectivity index (χ0) is 11.4. The Kier molecular flexibility index (Phi) is 7.98. The molecule has 2 rings (SSSR count). The van der Waals surface area contributed by atoms with Crippen molar-refractivity contribution in [1.29, 1.82) is 0 Å². The van der Waals surface area contributed by atoms with Crippen LogP contribution >= 0.6 is 24.8 Å². The predicted molar refractivity (Wildman–Crippen MR) is 75.5 cm³/mol. The van der Waals surface area contributed by atoms with Gasteiger partial charge in [0.2, 0.25) is 5.91 Å². The van der Waals surface area contributed by atoms with E-state index in [1.54, 1.807) is 17.1 Å². The van der Waals surface area contributed by atoms with Crippen molar-refractivity contribution in [3.05, 3.63) is 18.5 Å². The molecule has 0 spiro atoms. The molecule has 1 amide bonds. The first-order valence-electron chi connectivity index (χ1n) is 5.77. The maximum Gasteiger partial charge on any atom is 0.244 e. The number of hydrogen-bond donors (Lipinski definition) is 2. The molecule has 2 N–H and O–H groups in total. The van der Waals surface area contributed by atoms with Gasteiger partial charge < -0.3 is 10.6 Å². The minimum Gasteiger partial charge on any atom is -0.353 e. The van der Waals surface area contributed by atoms with E-state index < -0.39 is 0 Å². The van der Waals surface area contributed by atoms with Crippen LogP contribution in [0.1, 0.15) is 25.8 Å². The van der Waals surface area contributed by atoms with E-state index in [0.717, 1.165) is 13.0 Å². The summed E-state index contributed by atoms with van der Waals surface area (Å²) in [5.41, 5.74) is 0. The third kappa shape index (κ3) is 4.48. The molecular formula is C11H20Cl2N4O. The van der Waals surface area contributed by atoms with E-state index in [0.29, 0.717) is 12.6 Å². The number of carbonyl (C=O) groups excluding carboxylic acids is 1. The largest absolute Gasteiger partial charge is 0.353 e. The number of nitrogens with one attached hydrogen (secondary N) is 2. The van der Waals surface area contributed by atoms with Crippen LogP contribution in [0, 0.1) is 0 Å². The second-order valence-electron chi connectivity index (χ2n) is 4.20. The summed E-state index contributed by atoms with van der Waals surface area (Å²) in [5.74, 6) is 0.0254. The highest BCUT2D eigenvalue weighted by Gasteiger charge is 2.18. The third-order valence-electron chi connectivity index (χ3n) is 2.99. The number of halogens is 2. The molecule has 0 aliphatic carbocycles. The molecule has 2 heterocycles. The van der Waals surface area contributed by atoms with Crippen molar-refractivity contribution in [1.82, 2.24) is 20.4 Å². The first-order chi connectivity index (χ1) is 7.77. The summed E-state index contributed by atoms with van der Waals surface area (Å²) in [6.07, 6.45) is 5.84. The van der Waals surface area contributed by atoms with Gasteiger partial charge >= 0.3 is 0 Å². The Labute approximate surface area is 120 Å². The van der Waals surface area contributed by atoms with Crippen LogP contribution in [-0.2, 0) is 4.79 Å². The molecule has 2 unspecified atom stereocenters. The van der Waals surface area contributed by atoms with Crippen LogP contribution in [0.3, 0.4) is 0 Å². The Balaban J connectivity index is 0.00000144. The van der Waals surface area contributed by atoms with Crippen LogP contribution in [0.15, 0.2) is 18.5 Å². The first-order valence-corrected chi connectivity index (χ1v) is 5.77. The fourth-order valence-corrected chi connectivity index (χ4v) is 1.93. The Hall–Kier alpha value is -0.780. The number of rotatable bonds is 4. The fraction of sp³-hybridized carbons (Fsp3) is 0.636. The molecule has 1 aromatic rings. The average Bonchev–Trinajstić information content (AvgIpc) is 2.96. The average molecular weight is 295 g/mol. The van der Waals surface area contributed by atoms with Crippen LogP contribution < -0.4 is 10.6 Å². The third-order valence-corrected chi connectivity index (χ3v) is 2.99. The van der Waals surface area contributed by atoms with Crippen molar-refractivity contribution in [2.24, 2.45) is 0 Å². The summed E-state index contributed by atoms with van der Waals surface area (Å²) < 4.78 is 1.66. The quantitative estimate of drug-likeness (QED) is 0.876. The molecule has 0 radical (unpaired) electrons. The van der Waals surface area contributed by atoms with E-state index in [2.05, 4.69) is 15.7 Å². The number of amides is 1.